The van der Waals surface area contributed by atoms with Gasteiger partial charge in [-0.05, 0) is 85.5 Å². The van der Waals surface area contributed by atoms with Gasteiger partial charge in [0.05, 0.1) is 11.2 Å². The Hall–Kier alpha value is -4.31. The predicted molar refractivity (Wildman–Crippen MR) is 149 cm³/mol. The number of ether oxygens (including phenoxy) is 1. The van der Waals surface area contributed by atoms with E-state index in [1.54, 1.807) is 42.6 Å². The third-order valence-electron chi connectivity index (χ3n) is 6.07. The highest BCUT2D eigenvalue weighted by molar-refractivity contribution is 6.31. The molecule has 39 heavy (non-hydrogen) atoms. The van der Waals surface area contributed by atoms with Crippen molar-refractivity contribution in [3.8, 4) is 5.75 Å². The molecule has 5 rings (SSSR count). The monoisotopic (exact) mass is 549 g/mol. The Balaban J connectivity index is 1.25. The number of halogens is 3. The fraction of sp³-hybridized carbons (Fsp3) is 0.214. The molecule has 0 radical (unpaired) electrons. The summed E-state index contributed by atoms with van der Waals surface area (Å²) >= 11 is 6.06. The molecule has 0 spiro atoms. The topological polar surface area (TPSA) is 87.6 Å². The average Bonchev–Trinajstić information content (AvgIpc) is 2.95. The summed E-state index contributed by atoms with van der Waals surface area (Å²) in [6.07, 6.45) is 4.94. The zero-order valence-electron chi connectivity index (χ0n) is 20.9. The molecule has 1 aliphatic rings. The number of anilines is 4. The van der Waals surface area contributed by atoms with Gasteiger partial charge in [-0.25, -0.2) is 14.2 Å². The minimum atomic E-state index is -0.407. The lowest BCUT2D eigenvalue weighted by Crippen LogP contribution is -2.31. The lowest BCUT2D eigenvalue weighted by molar-refractivity contribution is 0.300. The maximum Gasteiger partial charge on any atom is 0.250 e. The molecule has 200 valence electrons. The lowest BCUT2D eigenvalue weighted by Gasteiger charge is -2.26. The molecule has 0 amide bonds. The summed E-state index contributed by atoms with van der Waals surface area (Å²) in [7, 11) is 0. The second-order valence-corrected chi connectivity index (χ2v) is 9.30. The fourth-order valence-corrected chi connectivity index (χ4v) is 4.23. The average molecular weight is 550 g/mol. The van der Waals surface area contributed by atoms with Crippen molar-refractivity contribution in [3.63, 3.8) is 0 Å². The van der Waals surface area contributed by atoms with E-state index in [1.807, 2.05) is 12.1 Å². The van der Waals surface area contributed by atoms with Crippen molar-refractivity contribution < 1.29 is 13.5 Å². The first-order chi connectivity index (χ1) is 19.0. The summed E-state index contributed by atoms with van der Waals surface area (Å²) < 4.78 is 32.9. The molecule has 0 atom stereocenters. The molecular formula is C28H26ClF2N7O. The number of rotatable bonds is 9. The summed E-state index contributed by atoms with van der Waals surface area (Å²) in [4.78, 5) is 15.6. The summed E-state index contributed by atoms with van der Waals surface area (Å²) in [5, 5.41) is 7.70. The van der Waals surface area contributed by atoms with Gasteiger partial charge in [0.1, 0.15) is 24.0 Å². The van der Waals surface area contributed by atoms with E-state index < -0.39 is 5.82 Å². The first-order valence-electron chi connectivity index (χ1n) is 12.5. The van der Waals surface area contributed by atoms with E-state index >= 15 is 0 Å². The van der Waals surface area contributed by atoms with E-state index in [4.69, 9.17) is 16.3 Å². The zero-order valence-corrected chi connectivity index (χ0v) is 21.7. The Kier molecular flexibility index (Phi) is 8.42. The minimum absolute atomic E-state index is 0.0214. The van der Waals surface area contributed by atoms with Gasteiger partial charge < -0.3 is 15.0 Å². The molecule has 2 N–H and O–H groups in total. The normalized spacial score (nSPS) is 13.5. The Bertz CT molecular complexity index is 1410. The van der Waals surface area contributed by atoms with Gasteiger partial charge in [-0.2, -0.15) is 20.1 Å². The van der Waals surface area contributed by atoms with Crippen molar-refractivity contribution >= 4 is 41.3 Å². The molecule has 0 bridgehead atoms. The molecule has 8 nitrogen and oxygen atoms in total. The molecule has 3 aromatic carbocycles. The second-order valence-electron chi connectivity index (χ2n) is 8.89. The highest BCUT2D eigenvalue weighted by Crippen LogP contribution is 2.23. The van der Waals surface area contributed by atoms with Gasteiger partial charge in [-0.15, -0.1) is 0 Å². The smallest absolute Gasteiger partial charge is 0.250 e. The molecular weight excluding hydrogens is 524 g/mol. The summed E-state index contributed by atoms with van der Waals surface area (Å²) in [6.45, 7) is 1.74. The van der Waals surface area contributed by atoms with Crippen LogP contribution in [0.4, 0.5) is 32.3 Å². The molecule has 1 aromatic heterocycles. The van der Waals surface area contributed by atoms with Gasteiger partial charge in [0.15, 0.2) is 0 Å². The van der Waals surface area contributed by atoms with Crippen LogP contribution in [-0.4, -0.2) is 34.3 Å². The quantitative estimate of drug-likeness (QED) is 0.180. The maximum absolute atomic E-state index is 14.0. The molecule has 0 aliphatic carbocycles. The van der Waals surface area contributed by atoms with Crippen LogP contribution in [0.25, 0.3) is 0 Å². The summed E-state index contributed by atoms with van der Waals surface area (Å²) in [5.41, 5.74) is 4.64. The fourth-order valence-electron chi connectivity index (χ4n) is 4.01. The molecule has 2 heterocycles. The Morgan fingerprint density at radius 2 is 1.64 bits per heavy atom. The molecule has 4 aromatic rings. The molecule has 0 unspecified atom stereocenters. The van der Waals surface area contributed by atoms with Crippen molar-refractivity contribution in [1.29, 1.82) is 0 Å². The highest BCUT2D eigenvalue weighted by atomic mass is 35.5. The van der Waals surface area contributed by atoms with Gasteiger partial charge in [0, 0.05) is 24.3 Å². The van der Waals surface area contributed by atoms with E-state index in [9.17, 15) is 8.78 Å². The Labute approximate surface area is 229 Å². The standard InChI is InChI=1S/C28H26ClF2N7O/c29-24-5-4-6-25(31)23(24)18-39-22-13-7-19(8-14-22)17-32-37-27-34-26(33-21-11-9-20(30)10-12-21)35-28(36-27)38-15-2-1-3-16-38/h4-14,17H,1-3,15-16,18H2,(H2,33,34,35,36,37). The lowest BCUT2D eigenvalue weighted by atomic mass is 10.1. The van der Waals surface area contributed by atoms with Crippen molar-refractivity contribution in [1.82, 2.24) is 15.0 Å². The number of hydrazone groups is 1. The molecule has 1 fully saturated rings. The van der Waals surface area contributed by atoms with Crippen molar-refractivity contribution in [2.24, 2.45) is 5.10 Å². The zero-order chi connectivity index (χ0) is 27.0. The maximum atomic E-state index is 14.0. The summed E-state index contributed by atoms with van der Waals surface area (Å²) in [5.74, 6) is 0.980. The van der Waals surface area contributed by atoms with Crippen molar-refractivity contribution in [2.75, 3.05) is 28.7 Å². The molecule has 0 saturated carbocycles. The van der Waals surface area contributed by atoms with Crippen LogP contribution >= 0.6 is 11.6 Å². The first-order valence-corrected chi connectivity index (χ1v) is 12.9. The van der Waals surface area contributed by atoms with Gasteiger partial charge in [-0.1, -0.05) is 17.7 Å². The van der Waals surface area contributed by atoms with Crippen LogP contribution in [0.15, 0.2) is 71.8 Å². The van der Waals surface area contributed by atoms with E-state index in [0.29, 0.717) is 33.9 Å². The van der Waals surface area contributed by atoms with Crippen molar-refractivity contribution in [3.05, 3.63) is 94.5 Å². The number of hydrogen-bond donors (Lipinski definition) is 2. The summed E-state index contributed by atoms with van der Waals surface area (Å²) in [6, 6.07) is 17.6. The van der Waals surface area contributed by atoms with Crippen LogP contribution in [0.3, 0.4) is 0 Å². The van der Waals surface area contributed by atoms with Crippen LogP contribution in [0.5, 0.6) is 5.75 Å². The van der Waals surface area contributed by atoms with Gasteiger partial charge in [-0.3, -0.25) is 0 Å². The molecule has 1 aliphatic heterocycles. The first kappa shape index (κ1) is 26.3. The number of aromatic nitrogens is 3. The van der Waals surface area contributed by atoms with Crippen LogP contribution in [0.2, 0.25) is 5.02 Å². The van der Waals surface area contributed by atoms with E-state index in [-0.39, 0.29) is 18.4 Å². The number of piperidine rings is 1. The Morgan fingerprint density at radius 1 is 0.897 bits per heavy atom. The number of benzene rings is 3. The third-order valence-corrected chi connectivity index (χ3v) is 6.42. The van der Waals surface area contributed by atoms with Crippen LogP contribution in [-0.2, 0) is 6.61 Å². The second kappa shape index (κ2) is 12.5. The molecule has 11 heteroatoms. The van der Waals surface area contributed by atoms with E-state index in [0.717, 1.165) is 31.5 Å². The highest BCUT2D eigenvalue weighted by Gasteiger charge is 2.16. The number of nitrogens with zero attached hydrogens (tertiary/aromatic N) is 5. The van der Waals surface area contributed by atoms with Gasteiger partial charge in [0.2, 0.25) is 17.8 Å². The van der Waals surface area contributed by atoms with Gasteiger partial charge in [0.25, 0.3) is 0 Å². The number of nitrogens with one attached hydrogen (secondary N) is 2. The van der Waals surface area contributed by atoms with Crippen molar-refractivity contribution in [2.45, 2.75) is 25.9 Å². The van der Waals surface area contributed by atoms with Crippen LogP contribution in [0.1, 0.15) is 30.4 Å². The largest absolute Gasteiger partial charge is 0.489 e. The predicted octanol–water partition coefficient (Wildman–Crippen LogP) is 6.56. The Morgan fingerprint density at radius 3 is 2.38 bits per heavy atom. The molecule has 1 saturated heterocycles. The van der Waals surface area contributed by atoms with Crippen LogP contribution < -0.4 is 20.4 Å². The van der Waals surface area contributed by atoms with E-state index in [1.165, 1.54) is 24.6 Å². The van der Waals surface area contributed by atoms with Crippen LogP contribution in [0, 0.1) is 11.6 Å². The SMILES string of the molecule is Fc1ccc(Nc2nc(NN=Cc3ccc(OCc4c(F)cccc4Cl)cc3)nc(N3CCCCC3)n2)cc1. The van der Waals surface area contributed by atoms with Gasteiger partial charge >= 0.3 is 0 Å². The van der Waals surface area contributed by atoms with E-state index in [2.05, 4.69) is 35.7 Å². The third kappa shape index (κ3) is 7.17. The minimum Gasteiger partial charge on any atom is -0.489 e. The number of hydrogen-bond acceptors (Lipinski definition) is 8.